The van der Waals surface area contributed by atoms with Gasteiger partial charge in [0.2, 0.25) is 0 Å². The van der Waals surface area contributed by atoms with Crippen molar-refractivity contribution in [3.05, 3.63) is 21.6 Å². The minimum absolute atomic E-state index is 0.112. The number of thiophene rings is 1. The SMILES string of the molecule is CCn1c(C(=O)N2CCOCC2)cc2scc(Br)c21. The maximum absolute atomic E-state index is 12.6. The lowest BCUT2D eigenvalue weighted by molar-refractivity contribution is 0.0296. The van der Waals surface area contributed by atoms with Crippen molar-refractivity contribution in [1.82, 2.24) is 9.47 Å². The molecule has 0 spiro atoms. The molecule has 0 atom stereocenters. The second kappa shape index (κ2) is 5.26. The summed E-state index contributed by atoms with van der Waals surface area (Å²) in [6, 6.07) is 2.01. The zero-order chi connectivity index (χ0) is 13.4. The fraction of sp³-hybridized carbons (Fsp3) is 0.462. The summed E-state index contributed by atoms with van der Waals surface area (Å²) in [4.78, 5) is 14.5. The Morgan fingerprint density at radius 1 is 1.47 bits per heavy atom. The number of ether oxygens (including phenoxy) is 1. The Morgan fingerprint density at radius 2 is 2.21 bits per heavy atom. The largest absolute Gasteiger partial charge is 0.378 e. The van der Waals surface area contributed by atoms with E-state index in [0.717, 1.165) is 26.9 Å². The molecule has 6 heteroatoms. The van der Waals surface area contributed by atoms with Crippen molar-refractivity contribution < 1.29 is 9.53 Å². The highest BCUT2D eigenvalue weighted by Crippen LogP contribution is 2.33. The Balaban J connectivity index is 2.01. The minimum atomic E-state index is 0.112. The van der Waals surface area contributed by atoms with E-state index in [0.29, 0.717) is 26.3 Å². The molecule has 1 saturated heterocycles. The highest BCUT2D eigenvalue weighted by molar-refractivity contribution is 9.10. The predicted octanol–water partition coefficient (Wildman–Crippen LogP) is 2.96. The van der Waals surface area contributed by atoms with Crippen molar-refractivity contribution in [1.29, 1.82) is 0 Å². The second-order valence-corrected chi connectivity index (χ2v) is 6.24. The van der Waals surface area contributed by atoms with Crippen LogP contribution in [0.4, 0.5) is 0 Å². The zero-order valence-electron chi connectivity index (χ0n) is 10.7. The second-order valence-electron chi connectivity index (χ2n) is 4.47. The third kappa shape index (κ3) is 2.22. The van der Waals surface area contributed by atoms with Crippen molar-refractivity contribution in [2.24, 2.45) is 0 Å². The van der Waals surface area contributed by atoms with Crippen molar-refractivity contribution in [3.63, 3.8) is 0 Å². The van der Waals surface area contributed by atoms with Crippen LogP contribution in [0.1, 0.15) is 17.4 Å². The first kappa shape index (κ1) is 13.1. The smallest absolute Gasteiger partial charge is 0.270 e. The summed E-state index contributed by atoms with van der Waals surface area (Å²) >= 11 is 5.23. The lowest BCUT2D eigenvalue weighted by Gasteiger charge is -2.27. The number of aryl methyl sites for hydroxylation is 1. The monoisotopic (exact) mass is 342 g/mol. The summed E-state index contributed by atoms with van der Waals surface area (Å²) in [5.74, 6) is 0.112. The maximum Gasteiger partial charge on any atom is 0.270 e. The van der Waals surface area contributed by atoms with Crippen LogP contribution in [-0.4, -0.2) is 41.7 Å². The summed E-state index contributed by atoms with van der Waals surface area (Å²) < 4.78 is 9.61. The van der Waals surface area contributed by atoms with Gasteiger partial charge in [-0.25, -0.2) is 0 Å². The van der Waals surface area contributed by atoms with Gasteiger partial charge in [-0.15, -0.1) is 11.3 Å². The average molecular weight is 343 g/mol. The lowest BCUT2D eigenvalue weighted by atomic mass is 10.3. The summed E-state index contributed by atoms with van der Waals surface area (Å²) in [6.07, 6.45) is 0. The Morgan fingerprint density at radius 3 is 2.89 bits per heavy atom. The molecule has 0 aliphatic carbocycles. The molecular weight excluding hydrogens is 328 g/mol. The van der Waals surface area contributed by atoms with Crippen LogP contribution in [0.5, 0.6) is 0 Å². The molecule has 1 aliphatic rings. The number of carbonyl (C=O) groups excluding carboxylic acids is 1. The van der Waals surface area contributed by atoms with E-state index in [2.05, 4.69) is 32.8 Å². The van der Waals surface area contributed by atoms with Gasteiger partial charge in [0.25, 0.3) is 5.91 Å². The number of aromatic nitrogens is 1. The zero-order valence-corrected chi connectivity index (χ0v) is 13.1. The van der Waals surface area contributed by atoms with Crippen molar-refractivity contribution in [2.45, 2.75) is 13.5 Å². The quantitative estimate of drug-likeness (QED) is 0.840. The van der Waals surface area contributed by atoms with Crippen molar-refractivity contribution >= 4 is 43.4 Å². The number of carbonyl (C=O) groups is 1. The number of hydrogen-bond acceptors (Lipinski definition) is 3. The van der Waals surface area contributed by atoms with Gasteiger partial charge in [-0.05, 0) is 28.9 Å². The highest BCUT2D eigenvalue weighted by Gasteiger charge is 2.23. The van der Waals surface area contributed by atoms with E-state index in [9.17, 15) is 4.79 Å². The molecule has 1 aliphatic heterocycles. The maximum atomic E-state index is 12.6. The average Bonchev–Trinajstić information content (AvgIpc) is 2.99. The third-order valence-corrected chi connectivity index (χ3v) is 5.24. The normalized spacial score (nSPS) is 16.2. The number of fused-ring (bicyclic) bond motifs is 1. The van der Waals surface area contributed by atoms with Gasteiger partial charge in [-0.2, -0.15) is 0 Å². The molecule has 0 saturated carbocycles. The molecule has 2 aromatic heterocycles. The number of morpholine rings is 1. The summed E-state index contributed by atoms with van der Waals surface area (Å²) in [6.45, 7) is 5.50. The molecule has 3 heterocycles. The number of halogens is 1. The van der Waals surface area contributed by atoms with E-state index in [-0.39, 0.29) is 5.91 Å². The highest BCUT2D eigenvalue weighted by atomic mass is 79.9. The lowest BCUT2D eigenvalue weighted by Crippen LogP contribution is -2.41. The minimum Gasteiger partial charge on any atom is -0.378 e. The summed E-state index contributed by atoms with van der Waals surface area (Å²) in [7, 11) is 0. The Hall–Kier alpha value is -0.850. The van der Waals surface area contributed by atoms with E-state index in [1.54, 1.807) is 11.3 Å². The van der Waals surface area contributed by atoms with Gasteiger partial charge in [0, 0.05) is 25.0 Å². The van der Waals surface area contributed by atoms with E-state index >= 15 is 0 Å². The summed E-state index contributed by atoms with van der Waals surface area (Å²) in [5, 5.41) is 2.07. The molecular formula is C13H15BrN2O2S. The van der Waals surface area contributed by atoms with Crippen LogP contribution in [-0.2, 0) is 11.3 Å². The van der Waals surface area contributed by atoms with E-state index < -0.39 is 0 Å². The Kier molecular flexibility index (Phi) is 3.64. The number of amides is 1. The van der Waals surface area contributed by atoms with Crippen LogP contribution < -0.4 is 0 Å². The van der Waals surface area contributed by atoms with Gasteiger partial charge < -0.3 is 14.2 Å². The van der Waals surface area contributed by atoms with Crippen LogP contribution in [0.2, 0.25) is 0 Å². The number of hydrogen-bond donors (Lipinski definition) is 0. The van der Waals surface area contributed by atoms with Gasteiger partial charge in [0.05, 0.1) is 27.9 Å². The summed E-state index contributed by atoms with van der Waals surface area (Å²) in [5.41, 5.74) is 1.91. The van der Waals surface area contributed by atoms with Crippen LogP contribution in [0.25, 0.3) is 10.2 Å². The standard InChI is InChI=1S/C13H15BrN2O2S/c1-2-16-10(7-11-12(16)9(14)8-19-11)13(17)15-3-5-18-6-4-15/h7-8H,2-6H2,1H3. The Bertz CT molecular complexity index is 613. The molecule has 0 aromatic carbocycles. The van der Waals surface area contributed by atoms with Gasteiger partial charge in [-0.3, -0.25) is 4.79 Å². The molecule has 0 radical (unpaired) electrons. The van der Waals surface area contributed by atoms with Crippen molar-refractivity contribution in [2.75, 3.05) is 26.3 Å². The first-order valence-corrected chi connectivity index (χ1v) is 8.03. The first-order valence-electron chi connectivity index (χ1n) is 6.35. The van der Waals surface area contributed by atoms with Crippen LogP contribution in [0.3, 0.4) is 0 Å². The van der Waals surface area contributed by atoms with Crippen LogP contribution in [0.15, 0.2) is 15.9 Å². The van der Waals surface area contributed by atoms with Crippen molar-refractivity contribution in [3.8, 4) is 0 Å². The molecule has 19 heavy (non-hydrogen) atoms. The molecule has 1 amide bonds. The molecule has 0 bridgehead atoms. The van der Waals surface area contributed by atoms with E-state index in [1.165, 1.54) is 0 Å². The topological polar surface area (TPSA) is 34.5 Å². The van der Waals surface area contributed by atoms with E-state index in [1.807, 2.05) is 11.0 Å². The van der Waals surface area contributed by atoms with Crippen LogP contribution in [0, 0.1) is 0 Å². The Labute approximate surface area is 124 Å². The molecule has 3 rings (SSSR count). The third-order valence-electron chi connectivity index (χ3n) is 3.41. The molecule has 2 aromatic rings. The van der Waals surface area contributed by atoms with Crippen LogP contribution >= 0.6 is 27.3 Å². The van der Waals surface area contributed by atoms with Gasteiger partial charge in [0.1, 0.15) is 5.69 Å². The fourth-order valence-corrected chi connectivity index (χ4v) is 4.16. The molecule has 4 nitrogen and oxygen atoms in total. The number of rotatable bonds is 2. The van der Waals surface area contributed by atoms with Gasteiger partial charge >= 0.3 is 0 Å². The predicted molar refractivity (Wildman–Crippen MR) is 79.9 cm³/mol. The number of nitrogens with zero attached hydrogens (tertiary/aromatic N) is 2. The molecule has 0 N–H and O–H groups in total. The molecule has 102 valence electrons. The molecule has 1 fully saturated rings. The first-order chi connectivity index (χ1) is 9.22. The van der Waals surface area contributed by atoms with Gasteiger partial charge in [-0.1, -0.05) is 0 Å². The van der Waals surface area contributed by atoms with E-state index in [4.69, 9.17) is 4.74 Å². The van der Waals surface area contributed by atoms with Gasteiger partial charge in [0.15, 0.2) is 0 Å². The molecule has 0 unspecified atom stereocenters. The fourth-order valence-electron chi connectivity index (χ4n) is 2.47.